The van der Waals surface area contributed by atoms with Crippen molar-refractivity contribution >= 4 is 11.8 Å². The standard InChI is InChI=1S/C13H25N3O2/c1-2-11(10-6-4-3-5-7-10)16-13(18)9-15-12(17)8-14/h10-11H,2-9,14H2,1H3,(H,15,17)(H,16,18). The second-order valence-electron chi connectivity index (χ2n) is 4.96. The highest BCUT2D eigenvalue weighted by atomic mass is 16.2. The van der Waals surface area contributed by atoms with Crippen molar-refractivity contribution in [3.63, 3.8) is 0 Å². The third kappa shape index (κ3) is 5.04. The van der Waals surface area contributed by atoms with Crippen LogP contribution in [0.25, 0.3) is 0 Å². The first-order valence-electron chi connectivity index (χ1n) is 6.93. The van der Waals surface area contributed by atoms with Gasteiger partial charge in [-0.2, -0.15) is 0 Å². The van der Waals surface area contributed by atoms with Crippen LogP contribution in [0, 0.1) is 5.92 Å². The zero-order valence-electron chi connectivity index (χ0n) is 11.2. The highest BCUT2D eigenvalue weighted by Crippen LogP contribution is 2.27. The molecule has 0 heterocycles. The van der Waals surface area contributed by atoms with Crippen molar-refractivity contribution in [2.45, 2.75) is 51.5 Å². The summed E-state index contributed by atoms with van der Waals surface area (Å²) >= 11 is 0. The summed E-state index contributed by atoms with van der Waals surface area (Å²) in [5.41, 5.74) is 5.16. The minimum atomic E-state index is -0.295. The highest BCUT2D eigenvalue weighted by Gasteiger charge is 2.23. The molecule has 0 saturated heterocycles. The molecule has 1 unspecified atom stereocenters. The lowest BCUT2D eigenvalue weighted by Crippen LogP contribution is -2.46. The molecule has 0 spiro atoms. The predicted octanol–water partition coefficient (Wildman–Crippen LogP) is 0.536. The van der Waals surface area contributed by atoms with Gasteiger partial charge in [-0.05, 0) is 25.2 Å². The van der Waals surface area contributed by atoms with E-state index in [1.165, 1.54) is 32.1 Å². The number of nitrogens with one attached hydrogen (secondary N) is 2. The van der Waals surface area contributed by atoms with Gasteiger partial charge in [-0.25, -0.2) is 0 Å². The first-order chi connectivity index (χ1) is 8.67. The molecule has 1 saturated carbocycles. The zero-order chi connectivity index (χ0) is 13.4. The van der Waals surface area contributed by atoms with Gasteiger partial charge in [0.15, 0.2) is 0 Å². The lowest BCUT2D eigenvalue weighted by molar-refractivity contribution is -0.126. The molecule has 1 atom stereocenters. The lowest BCUT2D eigenvalue weighted by Gasteiger charge is -2.30. The van der Waals surface area contributed by atoms with E-state index >= 15 is 0 Å². The molecule has 18 heavy (non-hydrogen) atoms. The number of hydrogen-bond acceptors (Lipinski definition) is 3. The topological polar surface area (TPSA) is 84.2 Å². The SMILES string of the molecule is CCC(NC(=O)CNC(=O)CN)C1CCCCC1. The van der Waals surface area contributed by atoms with Crippen molar-refractivity contribution in [3.05, 3.63) is 0 Å². The number of carbonyl (C=O) groups excluding carboxylic acids is 2. The van der Waals surface area contributed by atoms with Crippen molar-refractivity contribution in [2.75, 3.05) is 13.1 Å². The third-order valence-corrected chi connectivity index (χ3v) is 3.64. The normalized spacial score (nSPS) is 18.1. The second-order valence-corrected chi connectivity index (χ2v) is 4.96. The summed E-state index contributed by atoms with van der Waals surface area (Å²) in [6, 6.07) is 0.243. The van der Waals surface area contributed by atoms with Crippen LogP contribution >= 0.6 is 0 Å². The maximum atomic E-state index is 11.7. The molecule has 5 heteroatoms. The summed E-state index contributed by atoms with van der Waals surface area (Å²) in [5.74, 6) is 0.183. The van der Waals surface area contributed by atoms with E-state index in [-0.39, 0.29) is 30.9 Å². The average Bonchev–Trinajstić information content (AvgIpc) is 2.43. The van der Waals surface area contributed by atoms with Crippen LogP contribution < -0.4 is 16.4 Å². The molecule has 1 fully saturated rings. The van der Waals surface area contributed by atoms with Crippen molar-refractivity contribution in [2.24, 2.45) is 11.7 Å². The summed E-state index contributed by atoms with van der Waals surface area (Å²) in [6.07, 6.45) is 7.19. The summed E-state index contributed by atoms with van der Waals surface area (Å²) < 4.78 is 0. The van der Waals surface area contributed by atoms with E-state index in [9.17, 15) is 9.59 Å². The quantitative estimate of drug-likeness (QED) is 0.647. The van der Waals surface area contributed by atoms with Crippen molar-refractivity contribution in [1.29, 1.82) is 0 Å². The van der Waals surface area contributed by atoms with Gasteiger partial charge in [0.1, 0.15) is 0 Å². The maximum Gasteiger partial charge on any atom is 0.239 e. The fourth-order valence-electron chi connectivity index (χ4n) is 2.60. The van der Waals surface area contributed by atoms with Crippen LogP contribution in [0.15, 0.2) is 0 Å². The summed E-state index contributed by atoms with van der Waals surface area (Å²) in [4.78, 5) is 22.7. The Balaban J connectivity index is 2.32. The minimum Gasteiger partial charge on any atom is -0.352 e. The van der Waals surface area contributed by atoms with E-state index < -0.39 is 0 Å². The molecule has 5 nitrogen and oxygen atoms in total. The van der Waals surface area contributed by atoms with E-state index in [4.69, 9.17) is 5.73 Å². The molecule has 0 bridgehead atoms. The fraction of sp³-hybridized carbons (Fsp3) is 0.846. The van der Waals surface area contributed by atoms with Gasteiger partial charge < -0.3 is 16.4 Å². The van der Waals surface area contributed by atoms with E-state index in [0.29, 0.717) is 5.92 Å². The molecule has 1 aliphatic rings. The van der Waals surface area contributed by atoms with Crippen LogP contribution in [0.1, 0.15) is 45.4 Å². The van der Waals surface area contributed by atoms with Crippen LogP contribution in [0.5, 0.6) is 0 Å². The molecular formula is C13H25N3O2. The van der Waals surface area contributed by atoms with Gasteiger partial charge in [0.25, 0.3) is 0 Å². The molecule has 1 aliphatic carbocycles. The number of amides is 2. The monoisotopic (exact) mass is 255 g/mol. The van der Waals surface area contributed by atoms with Gasteiger partial charge in [0.05, 0.1) is 13.1 Å². The Morgan fingerprint density at radius 2 is 1.89 bits per heavy atom. The first kappa shape index (κ1) is 15.0. The second kappa shape index (κ2) is 8.08. The van der Waals surface area contributed by atoms with Crippen LogP contribution in [0.4, 0.5) is 0 Å². The summed E-state index contributed by atoms with van der Waals surface area (Å²) in [5, 5.41) is 5.51. The molecule has 0 radical (unpaired) electrons. The van der Waals surface area contributed by atoms with Crippen LogP contribution in [-0.4, -0.2) is 30.9 Å². The smallest absolute Gasteiger partial charge is 0.239 e. The lowest BCUT2D eigenvalue weighted by atomic mass is 9.83. The van der Waals surface area contributed by atoms with Crippen molar-refractivity contribution in [1.82, 2.24) is 10.6 Å². The summed E-state index contributed by atoms with van der Waals surface area (Å²) in [7, 11) is 0. The molecule has 0 aromatic carbocycles. The Morgan fingerprint density at radius 1 is 1.22 bits per heavy atom. The van der Waals surface area contributed by atoms with Crippen LogP contribution in [0.2, 0.25) is 0 Å². The Labute approximate surface area is 109 Å². The fourth-order valence-corrected chi connectivity index (χ4v) is 2.60. The third-order valence-electron chi connectivity index (χ3n) is 3.64. The van der Waals surface area contributed by atoms with Gasteiger partial charge in [0, 0.05) is 6.04 Å². The van der Waals surface area contributed by atoms with E-state index in [1.54, 1.807) is 0 Å². The molecule has 4 N–H and O–H groups in total. The highest BCUT2D eigenvalue weighted by molar-refractivity contribution is 5.85. The number of carbonyl (C=O) groups is 2. The van der Waals surface area contributed by atoms with Gasteiger partial charge in [-0.15, -0.1) is 0 Å². The van der Waals surface area contributed by atoms with Crippen molar-refractivity contribution in [3.8, 4) is 0 Å². The van der Waals surface area contributed by atoms with E-state index in [1.807, 2.05) is 0 Å². The minimum absolute atomic E-state index is 0.0270. The van der Waals surface area contributed by atoms with E-state index in [0.717, 1.165) is 6.42 Å². The largest absolute Gasteiger partial charge is 0.352 e. The van der Waals surface area contributed by atoms with Gasteiger partial charge in [-0.3, -0.25) is 9.59 Å². The van der Waals surface area contributed by atoms with Crippen LogP contribution in [-0.2, 0) is 9.59 Å². The number of hydrogen-bond donors (Lipinski definition) is 3. The number of nitrogens with two attached hydrogens (primary N) is 1. The van der Waals surface area contributed by atoms with Gasteiger partial charge in [0.2, 0.25) is 11.8 Å². The van der Waals surface area contributed by atoms with E-state index in [2.05, 4.69) is 17.6 Å². The average molecular weight is 255 g/mol. The molecule has 0 aromatic heterocycles. The number of rotatable bonds is 6. The Morgan fingerprint density at radius 3 is 2.44 bits per heavy atom. The molecular weight excluding hydrogens is 230 g/mol. The van der Waals surface area contributed by atoms with Gasteiger partial charge in [-0.1, -0.05) is 26.2 Å². The predicted molar refractivity (Wildman–Crippen MR) is 70.9 cm³/mol. The Hall–Kier alpha value is -1.10. The molecule has 104 valence electrons. The van der Waals surface area contributed by atoms with Crippen molar-refractivity contribution < 1.29 is 9.59 Å². The molecule has 1 rings (SSSR count). The molecule has 2 amide bonds. The van der Waals surface area contributed by atoms with Crippen LogP contribution in [0.3, 0.4) is 0 Å². The first-order valence-corrected chi connectivity index (χ1v) is 6.93. The maximum absolute atomic E-state index is 11.7. The Bertz CT molecular complexity index is 275. The zero-order valence-corrected chi connectivity index (χ0v) is 11.2. The molecule has 0 aliphatic heterocycles. The molecule has 0 aromatic rings. The van der Waals surface area contributed by atoms with Gasteiger partial charge >= 0.3 is 0 Å². The summed E-state index contributed by atoms with van der Waals surface area (Å²) in [6.45, 7) is 2.05. The Kier molecular flexibility index (Phi) is 6.72.